The highest BCUT2D eigenvalue weighted by molar-refractivity contribution is 6.41. The SMILES string of the molecule is CCC(=O)[C@H](C)C(=O)C(=O)NCCNC(=O)C(=O)[C@@H](C)C(=O)CC. The molecule has 2 N–H and O–H groups in total. The second kappa shape index (κ2) is 10.4. The van der Waals surface area contributed by atoms with Crippen molar-refractivity contribution < 1.29 is 28.8 Å². The summed E-state index contributed by atoms with van der Waals surface area (Å²) in [5.41, 5.74) is 0. The van der Waals surface area contributed by atoms with Gasteiger partial charge in [-0.1, -0.05) is 13.8 Å². The standard InChI is InChI=1S/C16H24N2O6/c1-5-11(19)9(3)13(21)15(23)17-7-8-18-16(24)14(22)10(4)12(20)6-2/h9-10H,5-8H2,1-4H3,(H,17,23)(H,18,24)/t9-,10-/m0/s1. The van der Waals surface area contributed by atoms with Crippen LogP contribution in [0.1, 0.15) is 40.5 Å². The van der Waals surface area contributed by atoms with Crippen LogP contribution in [0.25, 0.3) is 0 Å². The first-order valence-corrected chi connectivity index (χ1v) is 7.86. The van der Waals surface area contributed by atoms with Crippen molar-refractivity contribution in [2.75, 3.05) is 13.1 Å². The molecule has 24 heavy (non-hydrogen) atoms. The molecule has 0 aliphatic rings. The maximum atomic E-state index is 11.7. The molecule has 2 atom stereocenters. The largest absolute Gasteiger partial charge is 0.348 e. The minimum absolute atomic E-state index is 0.0767. The van der Waals surface area contributed by atoms with Crippen LogP contribution in [0.3, 0.4) is 0 Å². The summed E-state index contributed by atoms with van der Waals surface area (Å²) in [5, 5.41) is 4.53. The molecule has 0 aliphatic carbocycles. The van der Waals surface area contributed by atoms with Crippen LogP contribution in [0.2, 0.25) is 0 Å². The Bertz CT molecular complexity index is 493. The number of rotatable bonds is 11. The van der Waals surface area contributed by atoms with E-state index in [9.17, 15) is 28.8 Å². The highest BCUT2D eigenvalue weighted by atomic mass is 16.2. The molecular formula is C16H24N2O6. The molecule has 0 heterocycles. The van der Waals surface area contributed by atoms with Crippen molar-refractivity contribution in [3.05, 3.63) is 0 Å². The maximum absolute atomic E-state index is 11.7. The van der Waals surface area contributed by atoms with E-state index in [0.717, 1.165) is 0 Å². The second-order valence-corrected chi connectivity index (χ2v) is 5.32. The fraction of sp³-hybridized carbons (Fsp3) is 0.625. The number of nitrogens with one attached hydrogen (secondary N) is 2. The van der Waals surface area contributed by atoms with Crippen molar-refractivity contribution in [3.63, 3.8) is 0 Å². The van der Waals surface area contributed by atoms with Gasteiger partial charge in [0.15, 0.2) is 0 Å². The van der Waals surface area contributed by atoms with E-state index in [4.69, 9.17) is 0 Å². The number of carbonyl (C=O) groups is 6. The van der Waals surface area contributed by atoms with Gasteiger partial charge < -0.3 is 10.6 Å². The van der Waals surface area contributed by atoms with E-state index in [1.807, 2.05) is 0 Å². The Hall–Kier alpha value is -2.38. The predicted molar refractivity (Wildman–Crippen MR) is 85.0 cm³/mol. The summed E-state index contributed by atoms with van der Waals surface area (Å²) in [5.74, 6) is -6.19. The van der Waals surface area contributed by atoms with Crippen molar-refractivity contribution in [1.29, 1.82) is 0 Å². The number of Topliss-reactive ketones (excluding diaryl/α,β-unsaturated/α-hetero) is 4. The van der Waals surface area contributed by atoms with E-state index in [1.165, 1.54) is 13.8 Å². The molecule has 2 amide bonds. The molecule has 0 radical (unpaired) electrons. The summed E-state index contributed by atoms with van der Waals surface area (Å²) < 4.78 is 0. The van der Waals surface area contributed by atoms with Crippen LogP contribution in [-0.2, 0) is 28.8 Å². The molecule has 8 heteroatoms. The lowest BCUT2D eigenvalue weighted by Gasteiger charge is -2.10. The number of hydrogen-bond donors (Lipinski definition) is 2. The van der Waals surface area contributed by atoms with Crippen LogP contribution in [0.5, 0.6) is 0 Å². The summed E-state index contributed by atoms with van der Waals surface area (Å²) in [6, 6.07) is 0. The maximum Gasteiger partial charge on any atom is 0.288 e. The third-order valence-corrected chi connectivity index (χ3v) is 3.59. The van der Waals surface area contributed by atoms with Crippen LogP contribution < -0.4 is 10.6 Å². The molecular weight excluding hydrogens is 316 g/mol. The molecule has 0 rings (SSSR count). The topological polar surface area (TPSA) is 126 Å². The third-order valence-electron chi connectivity index (χ3n) is 3.59. The number of ketones is 4. The van der Waals surface area contributed by atoms with Crippen LogP contribution >= 0.6 is 0 Å². The first-order valence-electron chi connectivity index (χ1n) is 7.86. The van der Waals surface area contributed by atoms with E-state index < -0.39 is 35.2 Å². The molecule has 0 aromatic heterocycles. The molecule has 134 valence electrons. The minimum atomic E-state index is -1.01. The zero-order valence-corrected chi connectivity index (χ0v) is 14.4. The van der Waals surface area contributed by atoms with Crippen molar-refractivity contribution >= 4 is 34.9 Å². The Morgan fingerprint density at radius 1 is 0.667 bits per heavy atom. The summed E-state index contributed by atoms with van der Waals surface area (Å²) in [6.07, 6.45) is 0.319. The van der Waals surface area contributed by atoms with Gasteiger partial charge in [0, 0.05) is 25.9 Å². The Morgan fingerprint density at radius 3 is 1.21 bits per heavy atom. The molecule has 0 saturated carbocycles. The fourth-order valence-electron chi connectivity index (χ4n) is 1.82. The zero-order chi connectivity index (χ0) is 18.9. The Kier molecular flexibility index (Phi) is 9.37. The van der Waals surface area contributed by atoms with Gasteiger partial charge in [-0.3, -0.25) is 28.8 Å². The quantitative estimate of drug-likeness (QED) is 0.299. The van der Waals surface area contributed by atoms with Gasteiger partial charge in [-0.05, 0) is 13.8 Å². The van der Waals surface area contributed by atoms with Gasteiger partial charge in [0.05, 0.1) is 11.8 Å². The smallest absolute Gasteiger partial charge is 0.288 e. The van der Waals surface area contributed by atoms with Crippen molar-refractivity contribution in [2.24, 2.45) is 11.8 Å². The van der Waals surface area contributed by atoms with Crippen LogP contribution in [-0.4, -0.2) is 48.0 Å². The van der Waals surface area contributed by atoms with Crippen LogP contribution in [0, 0.1) is 11.8 Å². The molecule has 0 aliphatic heterocycles. The first-order chi connectivity index (χ1) is 11.2. The lowest BCUT2D eigenvalue weighted by Crippen LogP contribution is -2.43. The van der Waals surface area contributed by atoms with Gasteiger partial charge in [-0.15, -0.1) is 0 Å². The molecule has 0 aromatic carbocycles. The van der Waals surface area contributed by atoms with Gasteiger partial charge in [0.1, 0.15) is 11.6 Å². The van der Waals surface area contributed by atoms with Gasteiger partial charge >= 0.3 is 0 Å². The normalized spacial score (nSPS) is 12.7. The summed E-state index contributed by atoms with van der Waals surface area (Å²) in [7, 11) is 0. The molecule has 0 saturated heterocycles. The predicted octanol–water partition coefficient (Wildman–Crippen LogP) is -0.413. The molecule has 0 fully saturated rings. The second-order valence-electron chi connectivity index (χ2n) is 5.32. The first kappa shape index (κ1) is 21.6. The lowest BCUT2D eigenvalue weighted by atomic mass is 9.99. The summed E-state index contributed by atoms with van der Waals surface area (Å²) in [6.45, 7) is 5.77. The fourth-order valence-corrected chi connectivity index (χ4v) is 1.82. The third kappa shape index (κ3) is 6.39. The highest BCUT2D eigenvalue weighted by Gasteiger charge is 2.27. The van der Waals surface area contributed by atoms with Gasteiger partial charge in [-0.2, -0.15) is 0 Å². The van der Waals surface area contributed by atoms with Crippen LogP contribution in [0.4, 0.5) is 0 Å². The van der Waals surface area contributed by atoms with E-state index >= 15 is 0 Å². The van der Waals surface area contributed by atoms with Crippen molar-refractivity contribution in [2.45, 2.75) is 40.5 Å². The Labute approximate surface area is 140 Å². The molecule has 0 unspecified atom stereocenters. The van der Waals surface area contributed by atoms with Crippen LogP contribution in [0.15, 0.2) is 0 Å². The molecule has 0 bridgehead atoms. The zero-order valence-electron chi connectivity index (χ0n) is 14.4. The Morgan fingerprint density at radius 2 is 0.958 bits per heavy atom. The van der Waals surface area contributed by atoms with Crippen molar-refractivity contribution in [1.82, 2.24) is 10.6 Å². The van der Waals surface area contributed by atoms with Gasteiger partial charge in [-0.25, -0.2) is 0 Å². The number of carbonyl (C=O) groups excluding carboxylic acids is 6. The van der Waals surface area contributed by atoms with E-state index in [-0.39, 0.29) is 37.5 Å². The summed E-state index contributed by atoms with van der Waals surface area (Å²) in [4.78, 5) is 69.2. The molecule has 0 spiro atoms. The minimum Gasteiger partial charge on any atom is -0.348 e. The van der Waals surface area contributed by atoms with Gasteiger partial charge in [0.25, 0.3) is 11.8 Å². The summed E-state index contributed by atoms with van der Waals surface area (Å²) >= 11 is 0. The van der Waals surface area contributed by atoms with E-state index in [1.54, 1.807) is 13.8 Å². The number of hydrogen-bond acceptors (Lipinski definition) is 6. The van der Waals surface area contributed by atoms with E-state index in [0.29, 0.717) is 0 Å². The monoisotopic (exact) mass is 340 g/mol. The lowest BCUT2D eigenvalue weighted by molar-refractivity contribution is -0.143. The highest BCUT2D eigenvalue weighted by Crippen LogP contribution is 2.03. The average molecular weight is 340 g/mol. The number of amides is 2. The molecule has 0 aromatic rings. The average Bonchev–Trinajstić information content (AvgIpc) is 2.60. The van der Waals surface area contributed by atoms with Gasteiger partial charge in [0.2, 0.25) is 11.6 Å². The van der Waals surface area contributed by atoms with E-state index in [2.05, 4.69) is 10.6 Å². The van der Waals surface area contributed by atoms with Crippen molar-refractivity contribution in [3.8, 4) is 0 Å². The Balaban J connectivity index is 4.26. The molecule has 8 nitrogen and oxygen atoms in total.